The van der Waals surface area contributed by atoms with Crippen LogP contribution >= 0.6 is 49.9 Å². The second-order valence-electron chi connectivity index (χ2n) is 3.80. The Balaban J connectivity index is 2.22. The number of hydrogen-bond acceptors (Lipinski definition) is 3. The fourth-order valence-corrected chi connectivity index (χ4v) is 4.09. The molecule has 6 heteroatoms. The molecule has 1 unspecified atom stereocenters. The molecule has 0 saturated heterocycles. The van der Waals surface area contributed by atoms with E-state index in [1.807, 2.05) is 6.07 Å². The van der Waals surface area contributed by atoms with Crippen molar-refractivity contribution in [3.8, 4) is 0 Å². The van der Waals surface area contributed by atoms with Crippen LogP contribution in [0.1, 0.15) is 16.5 Å². The zero-order valence-corrected chi connectivity index (χ0v) is 13.9. The van der Waals surface area contributed by atoms with Gasteiger partial charge in [-0.1, -0.05) is 6.07 Å². The van der Waals surface area contributed by atoms with Gasteiger partial charge >= 0.3 is 0 Å². The third kappa shape index (κ3) is 3.51. The maximum Gasteiger partial charge on any atom is 0.124 e. The quantitative estimate of drug-likeness (QED) is 0.428. The van der Waals surface area contributed by atoms with Crippen molar-refractivity contribution in [2.24, 2.45) is 5.84 Å². The fraction of sp³-hybridized carbons (Fsp3) is 0.167. The van der Waals surface area contributed by atoms with Crippen molar-refractivity contribution in [1.82, 2.24) is 5.43 Å². The number of halogens is 3. The van der Waals surface area contributed by atoms with Crippen LogP contribution in [0, 0.1) is 9.39 Å². The average Bonchev–Trinajstić information content (AvgIpc) is 2.72. The summed E-state index contributed by atoms with van der Waals surface area (Å²) in [6.07, 6.45) is 0.786. The summed E-state index contributed by atoms with van der Waals surface area (Å²) in [5, 5.41) is 0. The molecule has 0 aliphatic rings. The number of rotatable bonds is 4. The zero-order chi connectivity index (χ0) is 13.1. The van der Waals surface area contributed by atoms with E-state index in [9.17, 15) is 4.39 Å². The summed E-state index contributed by atoms with van der Waals surface area (Å²) in [6.45, 7) is 0. The van der Waals surface area contributed by atoms with Crippen molar-refractivity contribution in [2.45, 2.75) is 12.5 Å². The Morgan fingerprint density at radius 3 is 2.72 bits per heavy atom. The Hall–Kier alpha value is -0.0200. The molecule has 3 N–H and O–H groups in total. The molecule has 0 spiro atoms. The molecular weight excluding hydrogens is 430 g/mol. The lowest BCUT2D eigenvalue weighted by Gasteiger charge is -2.17. The molecule has 1 heterocycles. The molecule has 96 valence electrons. The van der Waals surface area contributed by atoms with Crippen molar-refractivity contribution in [1.29, 1.82) is 0 Å². The third-order valence-corrected chi connectivity index (χ3v) is 5.15. The monoisotopic (exact) mass is 440 g/mol. The number of nitrogens with one attached hydrogen (secondary N) is 1. The van der Waals surface area contributed by atoms with Gasteiger partial charge < -0.3 is 0 Å². The number of thiophene rings is 1. The van der Waals surface area contributed by atoms with Crippen molar-refractivity contribution >= 4 is 49.9 Å². The van der Waals surface area contributed by atoms with Crippen LogP contribution in [0.4, 0.5) is 4.39 Å². The first-order valence-corrected chi connectivity index (χ1v) is 7.94. The molecule has 0 aliphatic heterocycles. The van der Waals surface area contributed by atoms with E-state index in [-0.39, 0.29) is 11.9 Å². The first-order chi connectivity index (χ1) is 8.60. The Morgan fingerprint density at radius 1 is 1.39 bits per heavy atom. The van der Waals surface area contributed by atoms with Crippen molar-refractivity contribution in [3.05, 3.63) is 53.9 Å². The van der Waals surface area contributed by atoms with Crippen LogP contribution in [0.15, 0.2) is 34.1 Å². The highest BCUT2D eigenvalue weighted by molar-refractivity contribution is 14.1. The lowest BCUT2D eigenvalue weighted by atomic mass is 10.0. The summed E-state index contributed by atoms with van der Waals surface area (Å²) < 4.78 is 15.1. The predicted octanol–water partition coefficient (Wildman–Crippen LogP) is 4.00. The summed E-state index contributed by atoms with van der Waals surface area (Å²) in [4.78, 5) is 1.23. The molecule has 1 atom stereocenters. The SMILES string of the molecule is NNC(Cc1ccc(Br)s1)c1ccc(F)cc1I. The fourth-order valence-electron chi connectivity index (χ4n) is 1.71. The van der Waals surface area contributed by atoms with E-state index in [2.05, 4.69) is 50.0 Å². The highest BCUT2D eigenvalue weighted by Crippen LogP contribution is 2.28. The van der Waals surface area contributed by atoms with Crippen LogP contribution in [-0.4, -0.2) is 0 Å². The molecule has 0 fully saturated rings. The summed E-state index contributed by atoms with van der Waals surface area (Å²) in [5.74, 6) is 5.39. The lowest BCUT2D eigenvalue weighted by Crippen LogP contribution is -2.30. The lowest BCUT2D eigenvalue weighted by molar-refractivity contribution is 0.550. The Morgan fingerprint density at radius 2 is 2.17 bits per heavy atom. The van der Waals surface area contributed by atoms with Gasteiger partial charge in [0.1, 0.15) is 5.82 Å². The minimum atomic E-state index is -0.224. The maximum atomic E-state index is 13.1. The van der Waals surface area contributed by atoms with Crippen LogP contribution in [0.3, 0.4) is 0 Å². The minimum absolute atomic E-state index is 0.0111. The minimum Gasteiger partial charge on any atom is -0.271 e. The van der Waals surface area contributed by atoms with Gasteiger partial charge in [0.15, 0.2) is 0 Å². The predicted molar refractivity (Wildman–Crippen MR) is 84.9 cm³/mol. The van der Waals surface area contributed by atoms with Gasteiger partial charge in [-0.05, 0) is 68.3 Å². The Kier molecular flexibility index (Phi) is 5.14. The smallest absolute Gasteiger partial charge is 0.124 e. The normalized spacial score (nSPS) is 12.7. The van der Waals surface area contributed by atoms with E-state index < -0.39 is 0 Å². The molecule has 0 aliphatic carbocycles. The maximum absolute atomic E-state index is 13.1. The van der Waals surface area contributed by atoms with E-state index in [1.165, 1.54) is 17.0 Å². The van der Waals surface area contributed by atoms with Crippen molar-refractivity contribution < 1.29 is 4.39 Å². The molecular formula is C12H11BrFIN2S. The van der Waals surface area contributed by atoms with Crippen LogP contribution in [0.2, 0.25) is 0 Å². The molecule has 1 aromatic heterocycles. The molecule has 2 rings (SSSR count). The van der Waals surface area contributed by atoms with Gasteiger partial charge in [-0.3, -0.25) is 11.3 Å². The first-order valence-electron chi connectivity index (χ1n) is 5.25. The number of hydrazine groups is 1. The highest BCUT2D eigenvalue weighted by atomic mass is 127. The van der Waals surface area contributed by atoms with E-state index in [1.54, 1.807) is 17.4 Å². The van der Waals surface area contributed by atoms with Gasteiger partial charge in [0.05, 0.1) is 9.83 Å². The standard InChI is InChI=1S/C12H11BrFIN2S/c13-12-4-2-8(18-12)6-11(17-16)9-3-1-7(14)5-10(9)15/h1-5,11,17H,6,16H2. The Bertz CT molecular complexity index is 547. The van der Waals surface area contributed by atoms with Gasteiger partial charge in [0.2, 0.25) is 0 Å². The van der Waals surface area contributed by atoms with E-state index >= 15 is 0 Å². The molecule has 1 aromatic carbocycles. The zero-order valence-electron chi connectivity index (χ0n) is 9.29. The van der Waals surface area contributed by atoms with Crippen LogP contribution < -0.4 is 11.3 Å². The molecule has 2 nitrogen and oxygen atoms in total. The van der Waals surface area contributed by atoms with E-state index in [0.717, 1.165) is 19.3 Å². The summed E-state index contributed by atoms with van der Waals surface area (Å²) in [7, 11) is 0. The van der Waals surface area contributed by atoms with E-state index in [4.69, 9.17) is 5.84 Å². The third-order valence-electron chi connectivity index (χ3n) is 2.57. The van der Waals surface area contributed by atoms with Gasteiger partial charge in [-0.15, -0.1) is 11.3 Å². The van der Waals surface area contributed by atoms with Crippen LogP contribution in [0.25, 0.3) is 0 Å². The molecule has 18 heavy (non-hydrogen) atoms. The topological polar surface area (TPSA) is 38.0 Å². The Labute approximate surface area is 131 Å². The van der Waals surface area contributed by atoms with Crippen LogP contribution in [-0.2, 0) is 6.42 Å². The van der Waals surface area contributed by atoms with Gasteiger partial charge in [-0.2, -0.15) is 0 Å². The average molecular weight is 441 g/mol. The van der Waals surface area contributed by atoms with Crippen molar-refractivity contribution in [2.75, 3.05) is 0 Å². The second kappa shape index (κ2) is 6.42. The van der Waals surface area contributed by atoms with Gasteiger partial charge in [-0.25, -0.2) is 4.39 Å². The van der Waals surface area contributed by atoms with Gasteiger partial charge in [0, 0.05) is 14.9 Å². The number of benzene rings is 1. The summed E-state index contributed by atoms with van der Waals surface area (Å²) >= 11 is 7.25. The molecule has 0 bridgehead atoms. The number of hydrogen-bond donors (Lipinski definition) is 2. The largest absolute Gasteiger partial charge is 0.271 e. The van der Waals surface area contributed by atoms with Gasteiger partial charge in [0.25, 0.3) is 0 Å². The molecule has 0 saturated carbocycles. The first kappa shape index (κ1) is 14.4. The van der Waals surface area contributed by atoms with Crippen molar-refractivity contribution in [3.63, 3.8) is 0 Å². The second-order valence-corrected chi connectivity index (χ2v) is 7.50. The molecule has 0 radical (unpaired) electrons. The summed E-state index contributed by atoms with van der Waals surface area (Å²) in [6, 6.07) is 8.84. The molecule has 0 amide bonds. The highest BCUT2D eigenvalue weighted by Gasteiger charge is 2.15. The van der Waals surface area contributed by atoms with Crippen LogP contribution in [0.5, 0.6) is 0 Å². The summed E-state index contributed by atoms with van der Waals surface area (Å²) in [5.41, 5.74) is 3.82. The molecule has 2 aromatic rings. The van der Waals surface area contributed by atoms with E-state index in [0.29, 0.717) is 0 Å². The number of nitrogens with two attached hydrogens (primary N) is 1.